The number of para-hydroxylation sites is 1. The van der Waals surface area contributed by atoms with Crippen molar-refractivity contribution in [2.75, 3.05) is 0 Å². The van der Waals surface area contributed by atoms with E-state index in [2.05, 4.69) is 11.5 Å². The summed E-state index contributed by atoms with van der Waals surface area (Å²) >= 11 is 0. The van der Waals surface area contributed by atoms with Crippen LogP contribution >= 0.6 is 0 Å². The fourth-order valence-corrected chi connectivity index (χ4v) is 0.950. The number of hydrogen-bond acceptors (Lipinski definition) is 4. The number of ketones is 1. The van der Waals surface area contributed by atoms with Gasteiger partial charge in [-0.3, -0.25) is 9.68 Å². The van der Waals surface area contributed by atoms with E-state index in [1.165, 1.54) is 13.0 Å². The first-order valence-electron chi connectivity index (χ1n) is 4.26. The summed E-state index contributed by atoms with van der Waals surface area (Å²) < 4.78 is 0. The van der Waals surface area contributed by atoms with Gasteiger partial charge in [-0.25, -0.2) is 9.68 Å². The van der Waals surface area contributed by atoms with Gasteiger partial charge in [0, 0.05) is 6.08 Å². The van der Waals surface area contributed by atoms with Gasteiger partial charge in [0.25, 0.3) is 0 Å². The molecule has 0 heterocycles. The van der Waals surface area contributed by atoms with Gasteiger partial charge in [0.2, 0.25) is 0 Å². The van der Waals surface area contributed by atoms with Crippen LogP contribution in [0.2, 0.25) is 0 Å². The standard InChI is InChI=1S/C11H10O4/c1-3-11(13)15-14-10-7-5-4-6-9(10)8(2)12/h3-7H,1H2,2H3. The Bertz CT molecular complexity index is 395. The minimum absolute atomic E-state index is 0.166. The van der Waals surface area contributed by atoms with Crippen LogP contribution in [0.1, 0.15) is 17.3 Å². The third-order valence-corrected chi connectivity index (χ3v) is 1.65. The summed E-state index contributed by atoms with van der Waals surface area (Å²) in [5.74, 6) is -0.672. The summed E-state index contributed by atoms with van der Waals surface area (Å²) in [6, 6.07) is 6.48. The van der Waals surface area contributed by atoms with Gasteiger partial charge in [0.1, 0.15) is 0 Å². The van der Waals surface area contributed by atoms with Gasteiger partial charge in [-0.1, -0.05) is 18.7 Å². The van der Waals surface area contributed by atoms with E-state index in [9.17, 15) is 9.59 Å². The molecule has 0 fully saturated rings. The normalized spacial score (nSPS) is 9.13. The minimum Gasteiger partial charge on any atom is -0.294 e. The molecule has 0 amide bonds. The van der Waals surface area contributed by atoms with Crippen molar-refractivity contribution in [2.24, 2.45) is 0 Å². The zero-order valence-corrected chi connectivity index (χ0v) is 8.23. The Labute approximate surface area is 87.0 Å². The second kappa shape index (κ2) is 4.95. The lowest BCUT2D eigenvalue weighted by atomic mass is 10.1. The highest BCUT2D eigenvalue weighted by atomic mass is 17.2. The van der Waals surface area contributed by atoms with Crippen molar-refractivity contribution < 1.29 is 19.4 Å². The number of carbonyl (C=O) groups excluding carboxylic acids is 2. The molecule has 0 aliphatic rings. The Morgan fingerprint density at radius 1 is 1.33 bits per heavy atom. The molecule has 15 heavy (non-hydrogen) atoms. The molecule has 1 aromatic carbocycles. The Morgan fingerprint density at radius 2 is 2.00 bits per heavy atom. The molecular weight excluding hydrogens is 196 g/mol. The van der Waals surface area contributed by atoms with Crippen LogP contribution in [0.25, 0.3) is 0 Å². The zero-order chi connectivity index (χ0) is 11.3. The number of Topliss-reactive ketones (excluding diaryl/α,β-unsaturated/α-hetero) is 1. The van der Waals surface area contributed by atoms with Gasteiger partial charge in [-0.15, -0.1) is 0 Å². The van der Waals surface area contributed by atoms with Crippen molar-refractivity contribution in [3.63, 3.8) is 0 Å². The van der Waals surface area contributed by atoms with Crippen LogP contribution in [-0.4, -0.2) is 11.8 Å². The molecule has 0 unspecified atom stereocenters. The second-order valence-electron chi connectivity index (χ2n) is 2.74. The SMILES string of the molecule is C=CC(=O)OOc1ccccc1C(C)=O. The highest BCUT2D eigenvalue weighted by Crippen LogP contribution is 2.18. The van der Waals surface area contributed by atoms with Gasteiger partial charge in [-0.05, 0) is 19.1 Å². The van der Waals surface area contributed by atoms with Crippen LogP contribution in [0.5, 0.6) is 5.75 Å². The molecule has 0 bridgehead atoms. The Hall–Kier alpha value is -2.10. The molecule has 0 aliphatic heterocycles. The van der Waals surface area contributed by atoms with E-state index in [4.69, 9.17) is 4.89 Å². The summed E-state index contributed by atoms with van der Waals surface area (Å²) in [5, 5.41) is 0. The highest BCUT2D eigenvalue weighted by molar-refractivity contribution is 5.96. The second-order valence-corrected chi connectivity index (χ2v) is 2.74. The van der Waals surface area contributed by atoms with Gasteiger partial charge < -0.3 is 0 Å². The Balaban J connectivity index is 2.80. The van der Waals surface area contributed by atoms with Crippen LogP contribution in [0, 0.1) is 0 Å². The van der Waals surface area contributed by atoms with Crippen LogP contribution in [0.3, 0.4) is 0 Å². The van der Waals surface area contributed by atoms with E-state index in [0.717, 1.165) is 6.08 Å². The molecule has 0 spiro atoms. The fraction of sp³-hybridized carbons (Fsp3) is 0.0909. The van der Waals surface area contributed by atoms with E-state index in [0.29, 0.717) is 5.56 Å². The van der Waals surface area contributed by atoms with Gasteiger partial charge >= 0.3 is 5.97 Å². The van der Waals surface area contributed by atoms with E-state index in [-0.39, 0.29) is 11.5 Å². The average molecular weight is 206 g/mol. The molecule has 78 valence electrons. The molecule has 0 aromatic heterocycles. The topological polar surface area (TPSA) is 52.6 Å². The van der Waals surface area contributed by atoms with Gasteiger partial charge in [-0.2, -0.15) is 0 Å². The monoisotopic (exact) mass is 206 g/mol. The lowest BCUT2D eigenvalue weighted by Gasteiger charge is -2.05. The Morgan fingerprint density at radius 3 is 2.60 bits per heavy atom. The molecule has 4 nitrogen and oxygen atoms in total. The molecule has 0 radical (unpaired) electrons. The summed E-state index contributed by atoms with van der Waals surface area (Å²) in [6.45, 7) is 4.61. The maximum Gasteiger partial charge on any atom is 0.378 e. The van der Waals surface area contributed by atoms with Crippen molar-refractivity contribution in [1.29, 1.82) is 0 Å². The summed E-state index contributed by atoms with van der Waals surface area (Å²) in [5.41, 5.74) is 0.356. The fourth-order valence-electron chi connectivity index (χ4n) is 0.950. The van der Waals surface area contributed by atoms with E-state index < -0.39 is 5.97 Å². The third kappa shape index (κ3) is 2.95. The quantitative estimate of drug-likeness (QED) is 0.327. The summed E-state index contributed by atoms with van der Waals surface area (Å²) in [7, 11) is 0. The minimum atomic E-state index is -0.714. The van der Waals surface area contributed by atoms with E-state index >= 15 is 0 Å². The van der Waals surface area contributed by atoms with Gasteiger partial charge in [0.05, 0.1) is 5.56 Å². The van der Waals surface area contributed by atoms with Crippen LogP contribution < -0.4 is 4.89 Å². The van der Waals surface area contributed by atoms with Gasteiger partial charge in [0.15, 0.2) is 11.5 Å². The molecule has 1 rings (SSSR count). The molecule has 0 saturated carbocycles. The maximum absolute atomic E-state index is 11.1. The molecule has 4 heteroatoms. The number of carbonyl (C=O) groups is 2. The van der Waals surface area contributed by atoms with Crippen molar-refractivity contribution in [3.05, 3.63) is 42.5 Å². The largest absolute Gasteiger partial charge is 0.378 e. The third-order valence-electron chi connectivity index (χ3n) is 1.65. The summed E-state index contributed by atoms with van der Waals surface area (Å²) in [6.07, 6.45) is 0.969. The van der Waals surface area contributed by atoms with Crippen molar-refractivity contribution in [2.45, 2.75) is 6.92 Å². The molecule has 1 aromatic rings. The first-order chi connectivity index (χ1) is 7.15. The summed E-state index contributed by atoms with van der Waals surface area (Å²) in [4.78, 5) is 30.9. The van der Waals surface area contributed by atoms with Crippen LogP contribution in [0.4, 0.5) is 0 Å². The molecule has 0 aliphatic carbocycles. The van der Waals surface area contributed by atoms with Crippen LogP contribution in [-0.2, 0) is 9.68 Å². The van der Waals surface area contributed by atoms with Crippen LogP contribution in [0.15, 0.2) is 36.9 Å². The van der Waals surface area contributed by atoms with Crippen molar-refractivity contribution in [1.82, 2.24) is 0 Å². The first kappa shape index (κ1) is 11.0. The highest BCUT2D eigenvalue weighted by Gasteiger charge is 2.09. The zero-order valence-electron chi connectivity index (χ0n) is 8.23. The number of benzene rings is 1. The predicted octanol–water partition coefficient (Wildman–Crippen LogP) is 1.91. The Kier molecular flexibility index (Phi) is 3.62. The van der Waals surface area contributed by atoms with Crippen molar-refractivity contribution in [3.8, 4) is 5.75 Å². The smallest absolute Gasteiger partial charge is 0.294 e. The molecule has 0 saturated heterocycles. The number of hydrogen-bond donors (Lipinski definition) is 0. The van der Waals surface area contributed by atoms with E-state index in [1.54, 1.807) is 18.2 Å². The molecule has 0 N–H and O–H groups in total. The first-order valence-corrected chi connectivity index (χ1v) is 4.26. The number of rotatable bonds is 4. The predicted molar refractivity (Wildman–Crippen MR) is 53.4 cm³/mol. The average Bonchev–Trinajstić information content (AvgIpc) is 2.26. The lowest BCUT2D eigenvalue weighted by Crippen LogP contribution is -2.06. The van der Waals surface area contributed by atoms with Crippen molar-refractivity contribution >= 4 is 11.8 Å². The van der Waals surface area contributed by atoms with E-state index in [1.807, 2.05) is 0 Å². The molecule has 0 atom stereocenters. The lowest BCUT2D eigenvalue weighted by molar-refractivity contribution is -0.207. The molecular formula is C11H10O4. The maximum atomic E-state index is 11.1.